The van der Waals surface area contributed by atoms with Crippen LogP contribution in [0.1, 0.15) is 6.42 Å². The van der Waals surface area contributed by atoms with Crippen molar-refractivity contribution in [1.82, 2.24) is 0 Å². The molecule has 0 aromatic carbocycles. The molecule has 60 valence electrons. The number of hydrogen-bond donors (Lipinski definition) is 3. The number of carbonyl (C=O) groups excluding carboxylic acids is 1. The van der Waals surface area contributed by atoms with E-state index in [1.807, 2.05) is 0 Å². The minimum absolute atomic E-state index is 0. The van der Waals surface area contributed by atoms with Gasteiger partial charge in [0, 0.05) is 0 Å². The van der Waals surface area contributed by atoms with E-state index >= 15 is 0 Å². The minimum Gasteiger partial charge on any atom is -0.481 e. The lowest BCUT2D eigenvalue weighted by Crippen LogP contribution is -2.38. The molecule has 6 heteroatoms. The predicted octanol–water partition coefficient (Wildman–Crippen LogP) is -1.30. The highest BCUT2D eigenvalue weighted by Gasteiger charge is 2.12. The summed E-state index contributed by atoms with van der Waals surface area (Å²) < 4.78 is 0. The number of nitrogens with two attached hydrogens (primary N) is 2. The van der Waals surface area contributed by atoms with Crippen molar-refractivity contribution in [2.45, 2.75) is 12.5 Å². The number of primary amides is 1. The molecule has 5 nitrogen and oxygen atoms in total. The molecule has 5 N–H and O–H groups in total. The highest BCUT2D eigenvalue weighted by molar-refractivity contribution is 5.85. The first kappa shape index (κ1) is 11.9. The van der Waals surface area contributed by atoms with Gasteiger partial charge in [0.15, 0.2) is 0 Å². The lowest BCUT2D eigenvalue weighted by molar-refractivity contribution is -0.139. The third-order valence-corrected chi connectivity index (χ3v) is 0.760. The van der Waals surface area contributed by atoms with Crippen LogP contribution in [0.2, 0.25) is 0 Å². The Kier molecular flexibility index (Phi) is 5.98. The van der Waals surface area contributed by atoms with E-state index in [1.165, 1.54) is 0 Å². The lowest BCUT2D eigenvalue weighted by atomic mass is 10.2. The first-order chi connectivity index (χ1) is 4.04. The van der Waals surface area contributed by atoms with E-state index in [1.54, 1.807) is 0 Å². The zero-order chi connectivity index (χ0) is 7.44. The summed E-state index contributed by atoms with van der Waals surface area (Å²) in [5, 5.41) is 8.04. The van der Waals surface area contributed by atoms with E-state index in [-0.39, 0.29) is 12.4 Å². The van der Waals surface area contributed by atoms with Crippen LogP contribution < -0.4 is 11.5 Å². The van der Waals surface area contributed by atoms with Crippen LogP contribution in [0.5, 0.6) is 0 Å². The molecule has 0 aromatic heterocycles. The molecule has 0 saturated carbocycles. The van der Waals surface area contributed by atoms with Crippen molar-refractivity contribution in [3.05, 3.63) is 0 Å². The molecule has 1 atom stereocenters. The molecule has 1 amide bonds. The number of carboxylic acids is 1. The van der Waals surface area contributed by atoms with Crippen LogP contribution in [-0.2, 0) is 9.59 Å². The average Bonchev–Trinajstić information content (AvgIpc) is 1.63. The Hall–Kier alpha value is -0.810. The van der Waals surface area contributed by atoms with Crippen molar-refractivity contribution in [3.63, 3.8) is 0 Å². The summed E-state index contributed by atoms with van der Waals surface area (Å²) in [6.07, 6.45) is -0.407. The number of halogens is 1. The van der Waals surface area contributed by atoms with Crippen molar-refractivity contribution in [2.24, 2.45) is 11.5 Å². The maximum atomic E-state index is 10.1. The van der Waals surface area contributed by atoms with E-state index < -0.39 is 24.3 Å². The minimum atomic E-state index is -1.12. The summed E-state index contributed by atoms with van der Waals surface area (Å²) in [4.78, 5) is 19.9. The largest absolute Gasteiger partial charge is 0.481 e. The van der Waals surface area contributed by atoms with Gasteiger partial charge in [0.2, 0.25) is 5.91 Å². The number of aliphatic carboxylic acids is 1. The van der Waals surface area contributed by atoms with Crippen molar-refractivity contribution in [1.29, 1.82) is 0 Å². The van der Waals surface area contributed by atoms with Crippen molar-refractivity contribution < 1.29 is 14.7 Å². The van der Waals surface area contributed by atoms with Crippen molar-refractivity contribution in [3.8, 4) is 0 Å². The normalized spacial score (nSPS) is 11.3. The van der Waals surface area contributed by atoms with Gasteiger partial charge in [-0.05, 0) is 0 Å². The molecular weight excluding hydrogens is 160 g/mol. The van der Waals surface area contributed by atoms with E-state index in [4.69, 9.17) is 10.8 Å². The fourth-order valence-electron chi connectivity index (χ4n) is 0.289. The van der Waals surface area contributed by atoms with E-state index in [0.717, 1.165) is 0 Å². The standard InChI is InChI=1S/C4H8N2O3.ClH/c5-2(4(6)9)1-3(7)8;/h2H,1,5H2,(H2,6,9)(H,7,8);1H/t2-;/m1./s1. The molecule has 0 saturated heterocycles. The van der Waals surface area contributed by atoms with Gasteiger partial charge in [0.05, 0.1) is 12.5 Å². The summed E-state index contributed by atoms with van der Waals surface area (Å²) in [6, 6.07) is -1.07. The van der Waals surface area contributed by atoms with Gasteiger partial charge < -0.3 is 16.6 Å². The van der Waals surface area contributed by atoms with E-state index in [2.05, 4.69) is 5.73 Å². The molecule has 0 aromatic rings. The Balaban J connectivity index is 0. The first-order valence-corrected chi connectivity index (χ1v) is 2.30. The second-order valence-corrected chi connectivity index (χ2v) is 1.61. The van der Waals surface area contributed by atoms with Crippen LogP contribution in [0, 0.1) is 0 Å². The lowest BCUT2D eigenvalue weighted by Gasteiger charge is -2.00. The van der Waals surface area contributed by atoms with Crippen LogP contribution in [0.3, 0.4) is 0 Å². The Labute approximate surface area is 63.8 Å². The van der Waals surface area contributed by atoms with Gasteiger partial charge in [-0.3, -0.25) is 9.59 Å². The Bertz CT molecular complexity index is 138. The number of rotatable bonds is 3. The quantitative estimate of drug-likeness (QED) is 0.487. The van der Waals surface area contributed by atoms with Gasteiger partial charge in [-0.2, -0.15) is 0 Å². The fraction of sp³-hybridized carbons (Fsp3) is 0.500. The molecule has 0 unspecified atom stereocenters. The monoisotopic (exact) mass is 168 g/mol. The summed E-state index contributed by atoms with van der Waals surface area (Å²) in [5.41, 5.74) is 9.62. The maximum absolute atomic E-state index is 10.1. The molecule has 0 heterocycles. The molecular formula is C4H9ClN2O3. The van der Waals surface area contributed by atoms with Crippen LogP contribution in [0.15, 0.2) is 0 Å². The highest BCUT2D eigenvalue weighted by Crippen LogP contribution is 1.84. The SMILES string of the molecule is Cl.NC(=O)[C@H](N)CC(=O)O. The number of carbonyl (C=O) groups is 2. The van der Waals surface area contributed by atoms with Crippen molar-refractivity contribution in [2.75, 3.05) is 0 Å². The van der Waals surface area contributed by atoms with Crippen LogP contribution in [0.4, 0.5) is 0 Å². The molecule has 0 spiro atoms. The maximum Gasteiger partial charge on any atom is 0.305 e. The smallest absolute Gasteiger partial charge is 0.305 e. The second-order valence-electron chi connectivity index (χ2n) is 1.61. The van der Waals surface area contributed by atoms with Gasteiger partial charge in [0.1, 0.15) is 0 Å². The molecule has 0 rings (SSSR count). The number of amides is 1. The number of carboxylic acid groups (broad SMARTS) is 1. The predicted molar refractivity (Wildman–Crippen MR) is 36.7 cm³/mol. The van der Waals surface area contributed by atoms with Gasteiger partial charge in [-0.1, -0.05) is 0 Å². The third-order valence-electron chi connectivity index (χ3n) is 0.760. The topological polar surface area (TPSA) is 106 Å². The first-order valence-electron chi connectivity index (χ1n) is 2.30. The molecule has 10 heavy (non-hydrogen) atoms. The van der Waals surface area contributed by atoms with Crippen molar-refractivity contribution >= 4 is 24.3 Å². The molecule has 0 aliphatic rings. The van der Waals surface area contributed by atoms with Gasteiger partial charge in [-0.15, -0.1) is 12.4 Å². The number of hydrogen-bond acceptors (Lipinski definition) is 3. The van der Waals surface area contributed by atoms with Crippen LogP contribution in [0.25, 0.3) is 0 Å². The fourth-order valence-corrected chi connectivity index (χ4v) is 0.289. The summed E-state index contributed by atoms with van der Waals surface area (Å²) in [5.74, 6) is -1.92. The van der Waals surface area contributed by atoms with E-state index in [0.29, 0.717) is 0 Å². The van der Waals surface area contributed by atoms with Crippen LogP contribution >= 0.6 is 12.4 Å². The molecule has 0 bridgehead atoms. The Morgan fingerprint density at radius 2 is 1.90 bits per heavy atom. The summed E-state index contributed by atoms with van der Waals surface area (Å²) in [6.45, 7) is 0. The molecule has 0 radical (unpaired) electrons. The third kappa shape index (κ3) is 5.33. The highest BCUT2D eigenvalue weighted by atomic mass is 35.5. The second kappa shape index (κ2) is 5.01. The van der Waals surface area contributed by atoms with Crippen LogP contribution in [-0.4, -0.2) is 23.0 Å². The summed E-state index contributed by atoms with van der Waals surface area (Å²) in [7, 11) is 0. The Morgan fingerprint density at radius 3 is 2.00 bits per heavy atom. The molecule has 0 fully saturated rings. The van der Waals surface area contributed by atoms with E-state index in [9.17, 15) is 9.59 Å². The van der Waals surface area contributed by atoms with Gasteiger partial charge in [-0.25, -0.2) is 0 Å². The zero-order valence-electron chi connectivity index (χ0n) is 5.11. The van der Waals surface area contributed by atoms with Gasteiger partial charge >= 0.3 is 5.97 Å². The zero-order valence-corrected chi connectivity index (χ0v) is 5.93. The molecule has 0 aliphatic heterocycles. The molecule has 0 aliphatic carbocycles. The summed E-state index contributed by atoms with van der Waals surface area (Å²) >= 11 is 0. The average molecular weight is 169 g/mol. The Morgan fingerprint density at radius 1 is 1.50 bits per heavy atom. The van der Waals surface area contributed by atoms with Gasteiger partial charge in [0.25, 0.3) is 0 Å².